The summed E-state index contributed by atoms with van der Waals surface area (Å²) in [6, 6.07) is 9.41. The fraction of sp³-hybridized carbons (Fsp3) is 0.200. The maximum Gasteiger partial charge on any atom is 0.336 e. The van der Waals surface area contributed by atoms with Crippen molar-refractivity contribution in [1.82, 2.24) is 4.98 Å². The molecule has 0 saturated heterocycles. The molecular weight excluding hydrogens is 338 g/mol. The molecule has 1 aromatic carbocycles. The highest BCUT2D eigenvalue weighted by Crippen LogP contribution is 2.32. The van der Waals surface area contributed by atoms with Gasteiger partial charge in [-0.15, -0.1) is 0 Å². The molecule has 1 heterocycles. The van der Waals surface area contributed by atoms with Crippen molar-refractivity contribution in [1.29, 1.82) is 0 Å². The van der Waals surface area contributed by atoms with Gasteiger partial charge in [0.1, 0.15) is 0 Å². The molecule has 0 atom stereocenters. The number of carbonyl (C=O) groups is 1. The lowest BCUT2D eigenvalue weighted by molar-refractivity contribution is 0.0692. The summed E-state index contributed by atoms with van der Waals surface area (Å²) in [5.74, 6) is -0.718. The van der Waals surface area contributed by atoms with Gasteiger partial charge >= 0.3 is 5.97 Å². The fourth-order valence-electron chi connectivity index (χ4n) is 1.68. The number of aromatic nitrogens is 1. The zero-order valence-electron chi connectivity index (χ0n) is 11.1. The molecule has 0 saturated carbocycles. The van der Waals surface area contributed by atoms with E-state index in [2.05, 4.69) is 20.9 Å². The van der Waals surface area contributed by atoms with Gasteiger partial charge in [0.2, 0.25) is 0 Å². The summed E-state index contributed by atoms with van der Waals surface area (Å²) < 4.78 is 0.964. The van der Waals surface area contributed by atoms with Crippen LogP contribution >= 0.6 is 27.7 Å². The zero-order chi connectivity index (χ0) is 14.7. The minimum absolute atomic E-state index is 0.206. The van der Waals surface area contributed by atoms with E-state index in [1.807, 2.05) is 38.1 Å². The quantitative estimate of drug-likeness (QED) is 0.857. The molecule has 2 rings (SSSR count). The molecule has 0 amide bonds. The Kier molecular flexibility index (Phi) is 4.83. The summed E-state index contributed by atoms with van der Waals surface area (Å²) in [4.78, 5) is 17.4. The first kappa shape index (κ1) is 15.1. The van der Waals surface area contributed by atoms with Crippen molar-refractivity contribution in [3.63, 3.8) is 0 Å². The van der Waals surface area contributed by atoms with Crippen LogP contribution in [0, 0.1) is 0 Å². The van der Waals surface area contributed by atoms with Crippen molar-refractivity contribution in [3.8, 4) is 0 Å². The molecule has 1 aromatic heterocycles. The highest BCUT2D eigenvalue weighted by atomic mass is 79.9. The molecule has 104 valence electrons. The second-order valence-electron chi connectivity index (χ2n) is 4.62. The first-order valence-corrected chi connectivity index (χ1v) is 7.75. The Balaban J connectivity index is 2.38. The molecule has 0 bridgehead atoms. The number of hydrogen-bond acceptors (Lipinski definition) is 3. The first-order valence-electron chi connectivity index (χ1n) is 6.14. The van der Waals surface area contributed by atoms with Crippen molar-refractivity contribution in [3.05, 3.63) is 52.3 Å². The summed E-state index contributed by atoms with van der Waals surface area (Å²) in [5, 5.41) is 9.35. The van der Waals surface area contributed by atoms with Crippen LogP contribution in [0.15, 0.2) is 50.8 Å². The molecule has 0 unspecified atom stereocenters. The Hall–Kier alpha value is -1.33. The van der Waals surface area contributed by atoms with E-state index in [9.17, 15) is 9.90 Å². The van der Waals surface area contributed by atoms with Gasteiger partial charge in [-0.1, -0.05) is 47.6 Å². The fourth-order valence-corrected chi connectivity index (χ4v) is 3.18. The van der Waals surface area contributed by atoms with E-state index in [0.717, 1.165) is 15.1 Å². The van der Waals surface area contributed by atoms with Crippen LogP contribution in [0.25, 0.3) is 0 Å². The van der Waals surface area contributed by atoms with E-state index >= 15 is 0 Å². The number of benzene rings is 1. The third-order valence-electron chi connectivity index (χ3n) is 2.73. The molecule has 0 radical (unpaired) electrons. The van der Waals surface area contributed by atoms with Gasteiger partial charge in [0.05, 0.1) is 5.56 Å². The standard InChI is InChI=1S/C15H14BrNO2S/c1-9(2)13-7-12(15(18)19)14(8-17-13)20-11-5-3-4-10(16)6-11/h3-9H,1-2H3,(H,18,19). The van der Waals surface area contributed by atoms with Crippen LogP contribution in [0.1, 0.15) is 35.8 Å². The average molecular weight is 352 g/mol. The normalized spacial score (nSPS) is 10.8. The Labute approximate surface area is 130 Å². The smallest absolute Gasteiger partial charge is 0.336 e. The van der Waals surface area contributed by atoms with Crippen LogP contribution in [0.4, 0.5) is 0 Å². The molecule has 0 aliphatic heterocycles. The van der Waals surface area contributed by atoms with Crippen LogP contribution in [0.5, 0.6) is 0 Å². The maximum atomic E-state index is 11.4. The Morgan fingerprint density at radius 3 is 2.70 bits per heavy atom. The van der Waals surface area contributed by atoms with E-state index in [4.69, 9.17) is 0 Å². The molecule has 20 heavy (non-hydrogen) atoms. The maximum absolute atomic E-state index is 11.4. The average Bonchev–Trinajstić information content (AvgIpc) is 2.38. The Morgan fingerprint density at radius 1 is 1.35 bits per heavy atom. The molecule has 0 aliphatic carbocycles. The predicted molar refractivity (Wildman–Crippen MR) is 83.6 cm³/mol. The number of nitrogens with zero attached hydrogens (tertiary/aromatic N) is 1. The zero-order valence-corrected chi connectivity index (χ0v) is 13.5. The number of pyridine rings is 1. The molecule has 0 aliphatic rings. The summed E-state index contributed by atoms with van der Waals surface area (Å²) in [7, 11) is 0. The minimum Gasteiger partial charge on any atom is -0.478 e. The van der Waals surface area contributed by atoms with Gasteiger partial charge in [-0.3, -0.25) is 4.98 Å². The van der Waals surface area contributed by atoms with E-state index in [1.54, 1.807) is 12.3 Å². The van der Waals surface area contributed by atoms with Crippen LogP contribution in [0.2, 0.25) is 0 Å². The van der Waals surface area contributed by atoms with E-state index in [1.165, 1.54) is 11.8 Å². The van der Waals surface area contributed by atoms with Crippen LogP contribution in [-0.2, 0) is 0 Å². The first-order chi connectivity index (χ1) is 9.47. The van der Waals surface area contributed by atoms with Crippen molar-refractivity contribution >= 4 is 33.7 Å². The monoisotopic (exact) mass is 351 g/mol. The number of carboxylic acids is 1. The van der Waals surface area contributed by atoms with Crippen LogP contribution < -0.4 is 0 Å². The number of carboxylic acid groups (broad SMARTS) is 1. The lowest BCUT2D eigenvalue weighted by Gasteiger charge is -2.10. The topological polar surface area (TPSA) is 50.2 Å². The summed E-state index contributed by atoms with van der Waals surface area (Å²) >= 11 is 4.81. The molecule has 0 spiro atoms. The lowest BCUT2D eigenvalue weighted by atomic mass is 10.1. The molecule has 3 nitrogen and oxygen atoms in total. The molecule has 0 fully saturated rings. The molecule has 2 aromatic rings. The second kappa shape index (κ2) is 6.41. The Morgan fingerprint density at radius 2 is 2.10 bits per heavy atom. The van der Waals surface area contributed by atoms with Gasteiger partial charge in [-0.25, -0.2) is 4.79 Å². The second-order valence-corrected chi connectivity index (χ2v) is 6.66. The van der Waals surface area contributed by atoms with Gasteiger partial charge in [0, 0.05) is 26.2 Å². The van der Waals surface area contributed by atoms with Gasteiger partial charge in [-0.2, -0.15) is 0 Å². The third kappa shape index (κ3) is 3.61. The van der Waals surface area contributed by atoms with Crippen molar-refractivity contribution in [2.24, 2.45) is 0 Å². The Bertz CT molecular complexity index is 644. The van der Waals surface area contributed by atoms with E-state index in [-0.39, 0.29) is 5.92 Å². The van der Waals surface area contributed by atoms with E-state index in [0.29, 0.717) is 10.5 Å². The van der Waals surface area contributed by atoms with Gasteiger partial charge in [0.15, 0.2) is 0 Å². The molecular formula is C15H14BrNO2S. The lowest BCUT2D eigenvalue weighted by Crippen LogP contribution is -2.03. The summed E-state index contributed by atoms with van der Waals surface area (Å²) in [5.41, 5.74) is 1.09. The predicted octanol–water partition coefficient (Wildman–Crippen LogP) is 4.82. The number of aromatic carboxylic acids is 1. The summed E-state index contributed by atoms with van der Waals surface area (Å²) in [6.45, 7) is 3.99. The summed E-state index contributed by atoms with van der Waals surface area (Å²) in [6.07, 6.45) is 1.64. The van der Waals surface area contributed by atoms with Crippen LogP contribution in [-0.4, -0.2) is 16.1 Å². The van der Waals surface area contributed by atoms with Crippen molar-refractivity contribution < 1.29 is 9.90 Å². The van der Waals surface area contributed by atoms with Gasteiger partial charge in [-0.05, 0) is 30.2 Å². The van der Waals surface area contributed by atoms with E-state index < -0.39 is 5.97 Å². The molecule has 1 N–H and O–H groups in total. The highest BCUT2D eigenvalue weighted by Gasteiger charge is 2.14. The van der Waals surface area contributed by atoms with Crippen molar-refractivity contribution in [2.45, 2.75) is 29.6 Å². The largest absolute Gasteiger partial charge is 0.478 e. The van der Waals surface area contributed by atoms with Gasteiger partial charge < -0.3 is 5.11 Å². The van der Waals surface area contributed by atoms with Crippen LogP contribution in [0.3, 0.4) is 0 Å². The minimum atomic E-state index is -0.924. The van der Waals surface area contributed by atoms with Gasteiger partial charge in [0.25, 0.3) is 0 Å². The molecule has 5 heteroatoms. The number of hydrogen-bond donors (Lipinski definition) is 1. The van der Waals surface area contributed by atoms with Crippen molar-refractivity contribution in [2.75, 3.05) is 0 Å². The SMILES string of the molecule is CC(C)c1cc(C(=O)O)c(Sc2cccc(Br)c2)cn1. The number of rotatable bonds is 4. The third-order valence-corrected chi connectivity index (χ3v) is 4.26. The highest BCUT2D eigenvalue weighted by molar-refractivity contribution is 9.10. The number of halogens is 1.